The molecule has 6 rings (SSSR count). The van der Waals surface area contributed by atoms with Crippen molar-refractivity contribution < 1.29 is 13.9 Å². The molecule has 0 bridgehead atoms. The van der Waals surface area contributed by atoms with E-state index in [0.29, 0.717) is 22.0 Å². The molecule has 1 aliphatic carbocycles. The molecular weight excluding hydrogens is 441 g/mol. The predicted octanol–water partition coefficient (Wildman–Crippen LogP) is 5.20. The van der Waals surface area contributed by atoms with Gasteiger partial charge in [-0.2, -0.15) is 0 Å². The number of fused-ring (bicyclic) bond motifs is 3. The van der Waals surface area contributed by atoms with Crippen LogP contribution in [0, 0.1) is 6.92 Å². The highest BCUT2D eigenvalue weighted by Crippen LogP contribution is 2.46. The summed E-state index contributed by atoms with van der Waals surface area (Å²) in [5, 5.41) is 1.45. The van der Waals surface area contributed by atoms with Crippen LogP contribution in [0.15, 0.2) is 46.2 Å². The molecule has 168 valence electrons. The van der Waals surface area contributed by atoms with Crippen molar-refractivity contribution in [1.29, 1.82) is 0 Å². The molecule has 2 aliphatic rings. The summed E-state index contributed by atoms with van der Waals surface area (Å²) in [6.45, 7) is 2.06. The monoisotopic (exact) mass is 463 g/mol. The van der Waals surface area contributed by atoms with E-state index in [0.717, 1.165) is 51.8 Å². The number of methoxy groups -OCH3 is 1. The Labute approximate surface area is 193 Å². The summed E-state index contributed by atoms with van der Waals surface area (Å²) in [6, 6.07) is 11.8. The topological polar surface area (TPSA) is 65.7 Å². The van der Waals surface area contributed by atoms with Crippen molar-refractivity contribution in [3.8, 4) is 17.1 Å². The highest BCUT2D eigenvalue weighted by molar-refractivity contribution is 7.25. The molecule has 1 aliphatic heterocycles. The SMILES string of the molecule is COc1ccc(-c2nc3sc4c(C)cccc4c3c(=O)n2CC2OC=NC2F)c(C2CC2)c1. The van der Waals surface area contributed by atoms with Crippen LogP contribution < -0.4 is 10.3 Å². The highest BCUT2D eigenvalue weighted by atomic mass is 32.1. The summed E-state index contributed by atoms with van der Waals surface area (Å²) >= 11 is 1.52. The van der Waals surface area contributed by atoms with Gasteiger partial charge in [0.1, 0.15) is 16.4 Å². The fraction of sp³-hybridized carbons (Fsp3) is 0.320. The molecule has 33 heavy (non-hydrogen) atoms. The third-order valence-electron chi connectivity index (χ3n) is 6.44. The smallest absolute Gasteiger partial charge is 0.263 e. The quantitative estimate of drug-likeness (QED) is 0.382. The third-order valence-corrected chi connectivity index (χ3v) is 7.68. The molecule has 0 radical (unpaired) electrons. The van der Waals surface area contributed by atoms with Gasteiger partial charge in [0.15, 0.2) is 12.5 Å². The number of nitrogens with zero attached hydrogens (tertiary/aromatic N) is 3. The van der Waals surface area contributed by atoms with E-state index in [9.17, 15) is 9.18 Å². The second-order valence-corrected chi connectivity index (χ2v) is 9.61. The maximum Gasteiger partial charge on any atom is 0.263 e. The largest absolute Gasteiger partial charge is 0.497 e. The first-order chi connectivity index (χ1) is 16.0. The normalized spacial score (nSPS) is 20.0. The molecular formula is C25H22FN3O3S. The van der Waals surface area contributed by atoms with Gasteiger partial charge in [0.2, 0.25) is 6.30 Å². The van der Waals surface area contributed by atoms with Gasteiger partial charge in [-0.05, 0) is 55.0 Å². The van der Waals surface area contributed by atoms with E-state index in [2.05, 4.69) is 4.99 Å². The van der Waals surface area contributed by atoms with Crippen LogP contribution in [0.25, 0.3) is 31.7 Å². The lowest BCUT2D eigenvalue weighted by atomic mass is 10.0. The van der Waals surface area contributed by atoms with E-state index < -0.39 is 12.4 Å². The van der Waals surface area contributed by atoms with Gasteiger partial charge in [-0.3, -0.25) is 9.36 Å². The molecule has 6 nitrogen and oxygen atoms in total. The number of rotatable bonds is 5. The van der Waals surface area contributed by atoms with Crippen LogP contribution in [0.4, 0.5) is 4.39 Å². The molecule has 3 heterocycles. The van der Waals surface area contributed by atoms with Gasteiger partial charge in [-0.15, -0.1) is 11.3 Å². The molecule has 8 heteroatoms. The number of hydrogen-bond acceptors (Lipinski definition) is 6. The van der Waals surface area contributed by atoms with Crippen molar-refractivity contribution in [3.63, 3.8) is 0 Å². The molecule has 1 fully saturated rings. The van der Waals surface area contributed by atoms with E-state index in [1.807, 2.05) is 43.3 Å². The van der Waals surface area contributed by atoms with E-state index in [4.69, 9.17) is 14.5 Å². The van der Waals surface area contributed by atoms with E-state index in [1.165, 1.54) is 11.3 Å². The molecule has 0 amide bonds. The van der Waals surface area contributed by atoms with Gasteiger partial charge in [0.25, 0.3) is 5.56 Å². The average molecular weight is 464 g/mol. The van der Waals surface area contributed by atoms with Crippen LogP contribution in [0.5, 0.6) is 5.75 Å². The van der Waals surface area contributed by atoms with Gasteiger partial charge < -0.3 is 9.47 Å². The Balaban J connectivity index is 1.64. The summed E-state index contributed by atoms with van der Waals surface area (Å²) in [7, 11) is 1.64. The Bertz CT molecular complexity index is 1490. The van der Waals surface area contributed by atoms with Crippen molar-refractivity contribution in [3.05, 3.63) is 57.9 Å². The van der Waals surface area contributed by atoms with Crippen LogP contribution in [0.1, 0.15) is 29.9 Å². The minimum atomic E-state index is -1.51. The summed E-state index contributed by atoms with van der Waals surface area (Å²) in [4.78, 5) is 23.3. The second kappa shape index (κ2) is 7.66. The van der Waals surface area contributed by atoms with E-state index in [1.54, 1.807) is 11.7 Å². The molecule has 4 aromatic rings. The van der Waals surface area contributed by atoms with Gasteiger partial charge >= 0.3 is 0 Å². The Hall–Kier alpha value is -3.26. The number of benzene rings is 2. The molecule has 0 saturated heterocycles. The zero-order chi connectivity index (χ0) is 22.7. The molecule has 2 unspecified atom stereocenters. The standard InChI is InChI=1S/C25H22FN3O3S/c1-13-4-3-5-17-20-24(33-21(13)17)28-23(29(25(20)30)11-19-22(26)27-12-32-19)16-9-8-15(31-2)10-18(16)14-6-7-14/h3-5,8-10,12,14,19,22H,6-7,11H2,1-2H3. The van der Waals surface area contributed by atoms with Crippen molar-refractivity contribution in [2.45, 2.75) is 44.6 Å². The number of ether oxygens (including phenoxy) is 2. The number of hydrogen-bond donors (Lipinski definition) is 0. The molecule has 1 saturated carbocycles. The van der Waals surface area contributed by atoms with Crippen LogP contribution in [-0.4, -0.2) is 35.5 Å². The molecule has 0 spiro atoms. The second-order valence-electron chi connectivity index (χ2n) is 8.61. The van der Waals surface area contributed by atoms with Gasteiger partial charge in [0.05, 0.1) is 19.0 Å². The van der Waals surface area contributed by atoms with Crippen molar-refractivity contribution in [2.24, 2.45) is 4.99 Å². The molecule has 2 aromatic heterocycles. The fourth-order valence-electron chi connectivity index (χ4n) is 4.54. The van der Waals surface area contributed by atoms with Crippen molar-refractivity contribution >= 4 is 38.0 Å². The predicted molar refractivity (Wildman–Crippen MR) is 128 cm³/mol. The van der Waals surface area contributed by atoms with E-state index in [-0.39, 0.29) is 12.1 Å². The number of aliphatic imine (C=N–C) groups is 1. The lowest BCUT2D eigenvalue weighted by Gasteiger charge is -2.19. The molecule has 2 atom stereocenters. The average Bonchev–Trinajstić information content (AvgIpc) is 3.48. The van der Waals surface area contributed by atoms with Gasteiger partial charge in [-0.1, -0.05) is 18.2 Å². The molecule has 2 aromatic carbocycles. The zero-order valence-electron chi connectivity index (χ0n) is 18.2. The summed E-state index contributed by atoms with van der Waals surface area (Å²) in [5.41, 5.74) is 2.89. The number of thiophene rings is 1. The summed E-state index contributed by atoms with van der Waals surface area (Å²) in [6.07, 6.45) is 0.913. The Morgan fingerprint density at radius 1 is 1.27 bits per heavy atom. The molecule has 0 N–H and O–H groups in total. The first-order valence-electron chi connectivity index (χ1n) is 11.0. The fourth-order valence-corrected chi connectivity index (χ4v) is 5.68. The van der Waals surface area contributed by atoms with Crippen LogP contribution in [-0.2, 0) is 11.3 Å². The maximum absolute atomic E-state index is 14.3. The zero-order valence-corrected chi connectivity index (χ0v) is 19.1. The number of halogens is 1. The van der Waals surface area contributed by atoms with Crippen molar-refractivity contribution in [2.75, 3.05) is 7.11 Å². The minimum Gasteiger partial charge on any atom is -0.497 e. The van der Waals surface area contributed by atoms with Crippen LogP contribution in [0.3, 0.4) is 0 Å². The highest BCUT2D eigenvalue weighted by Gasteiger charge is 2.32. The van der Waals surface area contributed by atoms with E-state index >= 15 is 0 Å². The number of alkyl halides is 1. The summed E-state index contributed by atoms with van der Waals surface area (Å²) < 4.78 is 27.8. The lowest BCUT2D eigenvalue weighted by molar-refractivity contribution is 0.116. The Kier molecular flexibility index (Phi) is 4.72. The van der Waals surface area contributed by atoms with Crippen molar-refractivity contribution in [1.82, 2.24) is 9.55 Å². The number of aromatic nitrogens is 2. The van der Waals surface area contributed by atoms with Gasteiger partial charge in [-0.25, -0.2) is 14.4 Å². The van der Waals surface area contributed by atoms with Gasteiger partial charge in [0, 0.05) is 15.6 Å². The third kappa shape index (κ3) is 3.31. The van der Waals surface area contributed by atoms with Crippen LogP contribution >= 0.6 is 11.3 Å². The Morgan fingerprint density at radius 3 is 2.85 bits per heavy atom. The van der Waals surface area contributed by atoms with Crippen LogP contribution in [0.2, 0.25) is 0 Å². The first kappa shape index (κ1) is 20.4. The maximum atomic E-state index is 14.3. The minimum absolute atomic E-state index is 0.0254. The Morgan fingerprint density at radius 2 is 2.12 bits per heavy atom. The first-order valence-corrected chi connectivity index (χ1v) is 11.8. The lowest BCUT2D eigenvalue weighted by Crippen LogP contribution is -2.32. The summed E-state index contributed by atoms with van der Waals surface area (Å²) in [5.74, 6) is 1.70. The number of aryl methyl sites for hydroxylation is 1.